The molecule has 0 spiro atoms. The summed E-state index contributed by atoms with van der Waals surface area (Å²) in [5.41, 5.74) is 2.37. The number of hydrogen-bond acceptors (Lipinski definition) is 2. The molecule has 3 nitrogen and oxygen atoms in total. The summed E-state index contributed by atoms with van der Waals surface area (Å²) in [4.78, 5) is 4.80. The fraction of sp³-hybridized carbons (Fsp3) is 0.471. The Morgan fingerprint density at radius 2 is 2.20 bits per heavy atom. The van der Waals surface area contributed by atoms with E-state index in [1.54, 1.807) is 0 Å². The molecule has 1 aliphatic rings. The van der Waals surface area contributed by atoms with Crippen molar-refractivity contribution in [1.29, 1.82) is 0 Å². The summed E-state index contributed by atoms with van der Waals surface area (Å²) in [6.07, 6.45) is 9.29. The summed E-state index contributed by atoms with van der Waals surface area (Å²) in [6, 6.07) is 9.04. The average Bonchev–Trinajstić information content (AvgIpc) is 2.85. The van der Waals surface area contributed by atoms with E-state index in [1.807, 2.05) is 0 Å². The number of benzene rings is 1. The predicted molar refractivity (Wildman–Crippen MR) is 83.6 cm³/mol. The monoisotopic (exact) mass is 269 g/mol. The molecule has 106 valence electrons. The van der Waals surface area contributed by atoms with Gasteiger partial charge in [-0.15, -0.1) is 0 Å². The minimum atomic E-state index is 0.606. The maximum Gasteiger partial charge on any atom is 0.123 e. The lowest BCUT2D eigenvalue weighted by atomic mass is 10.0. The number of nitrogens with one attached hydrogen (secondary N) is 1. The Hall–Kier alpha value is -1.61. The topological polar surface area (TPSA) is 29.9 Å². The average molecular weight is 269 g/mol. The molecule has 0 fully saturated rings. The molecular weight excluding hydrogens is 246 g/mol. The van der Waals surface area contributed by atoms with Gasteiger partial charge in [0.05, 0.1) is 17.6 Å². The van der Waals surface area contributed by atoms with Crippen LogP contribution in [0.25, 0.3) is 11.0 Å². The lowest BCUT2D eigenvalue weighted by Crippen LogP contribution is -2.30. The van der Waals surface area contributed by atoms with Gasteiger partial charge in [0.1, 0.15) is 5.82 Å². The van der Waals surface area contributed by atoms with Crippen molar-refractivity contribution in [2.75, 3.05) is 0 Å². The van der Waals surface area contributed by atoms with Gasteiger partial charge in [-0.05, 0) is 37.8 Å². The first-order valence-electron chi connectivity index (χ1n) is 7.71. The standard InChI is InChI=1S/C17H23N3/c1-2-12-20-16-11-7-6-10-15(16)19-17(20)13-18-14-8-4-3-5-9-14/h3-4,6-7,10-11,14,18H,2,5,8-9,12-13H2,1H3. The molecule has 1 unspecified atom stereocenters. The Bertz CT molecular complexity index is 597. The molecule has 0 amide bonds. The number of imidazole rings is 1. The van der Waals surface area contributed by atoms with Gasteiger partial charge in [0.2, 0.25) is 0 Å². The zero-order valence-electron chi connectivity index (χ0n) is 12.2. The normalized spacial score (nSPS) is 18.8. The van der Waals surface area contributed by atoms with Crippen LogP contribution in [0.3, 0.4) is 0 Å². The smallest absolute Gasteiger partial charge is 0.123 e. The molecule has 1 aromatic heterocycles. The van der Waals surface area contributed by atoms with Crippen molar-refractivity contribution < 1.29 is 0 Å². The largest absolute Gasteiger partial charge is 0.327 e. The first-order valence-corrected chi connectivity index (χ1v) is 7.71. The molecule has 2 aromatic rings. The van der Waals surface area contributed by atoms with E-state index in [1.165, 1.54) is 24.2 Å². The van der Waals surface area contributed by atoms with Crippen molar-refractivity contribution >= 4 is 11.0 Å². The fourth-order valence-electron chi connectivity index (χ4n) is 2.95. The third kappa shape index (κ3) is 2.78. The molecule has 1 aliphatic carbocycles. The number of allylic oxidation sites excluding steroid dienone is 1. The number of aromatic nitrogens is 2. The molecule has 1 aromatic carbocycles. The Morgan fingerprint density at radius 1 is 1.30 bits per heavy atom. The highest BCUT2D eigenvalue weighted by atomic mass is 15.1. The van der Waals surface area contributed by atoms with Crippen LogP contribution < -0.4 is 5.32 Å². The Kier molecular flexibility index (Phi) is 4.16. The van der Waals surface area contributed by atoms with Crippen LogP contribution in [-0.2, 0) is 13.1 Å². The van der Waals surface area contributed by atoms with E-state index in [0.29, 0.717) is 6.04 Å². The van der Waals surface area contributed by atoms with Gasteiger partial charge >= 0.3 is 0 Å². The SMILES string of the molecule is CCCn1c(CNC2CC=CCC2)nc2ccccc21. The summed E-state index contributed by atoms with van der Waals surface area (Å²) in [6.45, 7) is 4.13. The van der Waals surface area contributed by atoms with E-state index in [4.69, 9.17) is 4.98 Å². The highest BCUT2D eigenvalue weighted by Crippen LogP contribution is 2.17. The van der Waals surface area contributed by atoms with Crippen molar-refractivity contribution in [2.45, 2.75) is 51.7 Å². The van der Waals surface area contributed by atoms with Gasteiger partial charge in [0, 0.05) is 12.6 Å². The van der Waals surface area contributed by atoms with Crippen molar-refractivity contribution in [3.05, 3.63) is 42.2 Å². The predicted octanol–water partition coefficient (Wildman–Crippen LogP) is 3.64. The molecule has 0 bridgehead atoms. The fourth-order valence-corrected chi connectivity index (χ4v) is 2.95. The minimum absolute atomic E-state index is 0.606. The highest BCUT2D eigenvalue weighted by molar-refractivity contribution is 5.75. The summed E-state index contributed by atoms with van der Waals surface area (Å²) < 4.78 is 2.36. The molecule has 20 heavy (non-hydrogen) atoms. The first kappa shape index (κ1) is 13.4. The minimum Gasteiger partial charge on any atom is -0.327 e. The van der Waals surface area contributed by atoms with Gasteiger partial charge in [0.25, 0.3) is 0 Å². The zero-order valence-corrected chi connectivity index (χ0v) is 12.2. The molecule has 3 heteroatoms. The van der Waals surface area contributed by atoms with Crippen LogP contribution in [0.2, 0.25) is 0 Å². The third-order valence-electron chi connectivity index (χ3n) is 4.00. The molecule has 0 saturated carbocycles. The van der Waals surface area contributed by atoms with Crippen molar-refractivity contribution in [3.63, 3.8) is 0 Å². The van der Waals surface area contributed by atoms with Crippen molar-refractivity contribution in [3.8, 4) is 0 Å². The molecule has 1 heterocycles. The summed E-state index contributed by atoms with van der Waals surface area (Å²) in [5.74, 6) is 1.17. The molecule has 1 atom stereocenters. The van der Waals surface area contributed by atoms with Gasteiger partial charge in [-0.1, -0.05) is 31.2 Å². The van der Waals surface area contributed by atoms with E-state index in [0.717, 1.165) is 31.4 Å². The van der Waals surface area contributed by atoms with Crippen molar-refractivity contribution in [2.24, 2.45) is 0 Å². The first-order chi connectivity index (χ1) is 9.88. The van der Waals surface area contributed by atoms with Crippen LogP contribution in [-0.4, -0.2) is 15.6 Å². The van der Waals surface area contributed by atoms with Crippen LogP contribution in [0.1, 0.15) is 38.4 Å². The lowest BCUT2D eigenvalue weighted by molar-refractivity contribution is 0.459. The zero-order chi connectivity index (χ0) is 13.8. The number of hydrogen-bond donors (Lipinski definition) is 1. The van der Waals surface area contributed by atoms with Crippen LogP contribution >= 0.6 is 0 Å². The van der Waals surface area contributed by atoms with Crippen molar-refractivity contribution in [1.82, 2.24) is 14.9 Å². The van der Waals surface area contributed by atoms with Gasteiger partial charge in [0.15, 0.2) is 0 Å². The van der Waals surface area contributed by atoms with E-state index in [2.05, 4.69) is 53.2 Å². The Morgan fingerprint density at radius 3 is 3.00 bits per heavy atom. The van der Waals surface area contributed by atoms with Crippen LogP contribution in [0.5, 0.6) is 0 Å². The second-order valence-corrected chi connectivity index (χ2v) is 5.53. The second kappa shape index (κ2) is 6.23. The van der Waals surface area contributed by atoms with Gasteiger partial charge in [-0.2, -0.15) is 0 Å². The summed E-state index contributed by atoms with van der Waals surface area (Å²) in [7, 11) is 0. The van der Waals surface area contributed by atoms with E-state index in [9.17, 15) is 0 Å². The lowest BCUT2D eigenvalue weighted by Gasteiger charge is -2.19. The molecule has 0 aliphatic heterocycles. The number of aryl methyl sites for hydroxylation is 1. The van der Waals surface area contributed by atoms with Gasteiger partial charge < -0.3 is 9.88 Å². The number of nitrogens with zero attached hydrogens (tertiary/aromatic N) is 2. The molecule has 0 saturated heterocycles. The van der Waals surface area contributed by atoms with Crippen LogP contribution in [0.4, 0.5) is 0 Å². The van der Waals surface area contributed by atoms with E-state index in [-0.39, 0.29) is 0 Å². The summed E-state index contributed by atoms with van der Waals surface area (Å²) in [5, 5.41) is 3.66. The Balaban J connectivity index is 1.79. The molecule has 3 rings (SSSR count). The maximum atomic E-state index is 4.80. The third-order valence-corrected chi connectivity index (χ3v) is 4.00. The molecular formula is C17H23N3. The number of rotatable bonds is 5. The summed E-state index contributed by atoms with van der Waals surface area (Å²) >= 11 is 0. The quantitative estimate of drug-likeness (QED) is 0.840. The van der Waals surface area contributed by atoms with Gasteiger partial charge in [-0.3, -0.25) is 0 Å². The number of para-hydroxylation sites is 2. The highest BCUT2D eigenvalue weighted by Gasteiger charge is 2.13. The van der Waals surface area contributed by atoms with E-state index >= 15 is 0 Å². The van der Waals surface area contributed by atoms with Gasteiger partial charge in [-0.25, -0.2) is 4.98 Å². The second-order valence-electron chi connectivity index (χ2n) is 5.53. The van der Waals surface area contributed by atoms with Crippen LogP contribution in [0.15, 0.2) is 36.4 Å². The van der Waals surface area contributed by atoms with Crippen LogP contribution in [0, 0.1) is 0 Å². The molecule has 0 radical (unpaired) electrons. The van der Waals surface area contributed by atoms with E-state index < -0.39 is 0 Å². The Labute approximate surface area is 120 Å². The molecule has 1 N–H and O–H groups in total. The number of fused-ring (bicyclic) bond motifs is 1. The maximum absolute atomic E-state index is 4.80.